The van der Waals surface area contributed by atoms with Crippen LogP contribution < -0.4 is 5.32 Å². The Morgan fingerprint density at radius 2 is 2.42 bits per heavy atom. The van der Waals surface area contributed by atoms with Crippen LogP contribution in [-0.2, 0) is 4.74 Å². The van der Waals surface area contributed by atoms with Gasteiger partial charge in [0, 0.05) is 19.7 Å². The van der Waals surface area contributed by atoms with Crippen molar-refractivity contribution in [3.05, 3.63) is 22.4 Å². The average molecular weight is 280 g/mol. The quantitative estimate of drug-likeness (QED) is 0.925. The maximum atomic E-state index is 12.3. The second kappa shape index (κ2) is 5.92. The van der Waals surface area contributed by atoms with E-state index >= 15 is 0 Å². The number of hydrogen-bond acceptors (Lipinski definition) is 3. The number of thiophene rings is 1. The van der Waals surface area contributed by atoms with Gasteiger partial charge in [-0.25, -0.2) is 4.79 Å². The van der Waals surface area contributed by atoms with Gasteiger partial charge in [-0.2, -0.15) is 11.3 Å². The SMILES string of the molecule is O=C(NC[C@@H]1CCCO1)N1CCC[C@@H]1c1ccsc1. The van der Waals surface area contributed by atoms with Crippen LogP contribution in [0.15, 0.2) is 16.8 Å². The fourth-order valence-corrected chi connectivity index (χ4v) is 3.64. The smallest absolute Gasteiger partial charge is 0.318 e. The zero-order valence-corrected chi connectivity index (χ0v) is 11.8. The Morgan fingerprint density at radius 3 is 3.16 bits per heavy atom. The van der Waals surface area contributed by atoms with Crippen molar-refractivity contribution in [2.24, 2.45) is 0 Å². The number of nitrogens with zero attached hydrogens (tertiary/aromatic N) is 1. The molecule has 5 heteroatoms. The summed E-state index contributed by atoms with van der Waals surface area (Å²) >= 11 is 1.70. The second-order valence-corrected chi connectivity index (χ2v) is 6.01. The lowest BCUT2D eigenvalue weighted by molar-refractivity contribution is 0.108. The van der Waals surface area contributed by atoms with E-state index in [0.717, 1.165) is 38.8 Å². The molecule has 0 unspecified atom stereocenters. The molecule has 1 aromatic rings. The first kappa shape index (κ1) is 12.9. The van der Waals surface area contributed by atoms with Gasteiger partial charge in [0.1, 0.15) is 0 Å². The van der Waals surface area contributed by atoms with Crippen molar-refractivity contribution in [1.82, 2.24) is 10.2 Å². The van der Waals surface area contributed by atoms with E-state index in [2.05, 4.69) is 22.1 Å². The number of hydrogen-bond donors (Lipinski definition) is 1. The molecule has 2 amide bonds. The molecule has 4 nitrogen and oxygen atoms in total. The number of amides is 2. The fraction of sp³-hybridized carbons (Fsp3) is 0.643. The van der Waals surface area contributed by atoms with Gasteiger partial charge >= 0.3 is 6.03 Å². The summed E-state index contributed by atoms with van der Waals surface area (Å²) in [5.74, 6) is 0. The lowest BCUT2D eigenvalue weighted by Gasteiger charge is -2.25. The molecule has 0 bridgehead atoms. The van der Waals surface area contributed by atoms with E-state index in [-0.39, 0.29) is 18.2 Å². The zero-order chi connectivity index (χ0) is 13.1. The molecule has 2 atom stereocenters. The Labute approximate surface area is 117 Å². The highest BCUT2D eigenvalue weighted by molar-refractivity contribution is 7.07. The van der Waals surface area contributed by atoms with Crippen LogP contribution >= 0.6 is 11.3 Å². The van der Waals surface area contributed by atoms with Gasteiger partial charge in [0.2, 0.25) is 0 Å². The van der Waals surface area contributed by atoms with Gasteiger partial charge in [0.15, 0.2) is 0 Å². The van der Waals surface area contributed by atoms with Crippen molar-refractivity contribution >= 4 is 17.4 Å². The monoisotopic (exact) mass is 280 g/mol. The number of likely N-dealkylation sites (tertiary alicyclic amines) is 1. The van der Waals surface area contributed by atoms with E-state index in [1.54, 1.807) is 11.3 Å². The van der Waals surface area contributed by atoms with E-state index in [1.165, 1.54) is 5.56 Å². The van der Waals surface area contributed by atoms with Gasteiger partial charge in [0.05, 0.1) is 12.1 Å². The minimum absolute atomic E-state index is 0.0594. The molecule has 0 aliphatic carbocycles. The summed E-state index contributed by atoms with van der Waals surface area (Å²) in [5, 5.41) is 7.25. The molecule has 3 heterocycles. The van der Waals surface area contributed by atoms with Crippen LogP contribution in [0.25, 0.3) is 0 Å². The minimum Gasteiger partial charge on any atom is -0.376 e. The Balaban J connectivity index is 1.56. The molecule has 0 spiro atoms. The molecule has 0 aromatic carbocycles. The van der Waals surface area contributed by atoms with E-state index in [9.17, 15) is 4.79 Å². The number of nitrogens with one attached hydrogen (secondary N) is 1. The summed E-state index contributed by atoms with van der Waals surface area (Å²) in [6.07, 6.45) is 4.56. The molecule has 1 aromatic heterocycles. The van der Waals surface area contributed by atoms with Crippen LogP contribution in [0.1, 0.15) is 37.3 Å². The minimum atomic E-state index is 0.0594. The maximum absolute atomic E-state index is 12.3. The van der Waals surface area contributed by atoms with Crippen molar-refractivity contribution in [1.29, 1.82) is 0 Å². The number of rotatable bonds is 3. The topological polar surface area (TPSA) is 41.6 Å². The second-order valence-electron chi connectivity index (χ2n) is 5.23. The number of carbonyl (C=O) groups is 1. The summed E-state index contributed by atoms with van der Waals surface area (Å²) < 4.78 is 5.53. The fourth-order valence-electron chi connectivity index (χ4n) is 2.93. The molecule has 0 radical (unpaired) electrons. The van der Waals surface area contributed by atoms with Crippen LogP contribution in [0, 0.1) is 0 Å². The van der Waals surface area contributed by atoms with Crippen molar-refractivity contribution in [2.75, 3.05) is 19.7 Å². The van der Waals surface area contributed by atoms with Crippen LogP contribution in [0.5, 0.6) is 0 Å². The Bertz CT molecular complexity index is 415. The van der Waals surface area contributed by atoms with Crippen molar-refractivity contribution in [2.45, 2.75) is 37.8 Å². The lowest BCUT2D eigenvalue weighted by atomic mass is 10.1. The van der Waals surface area contributed by atoms with E-state index < -0.39 is 0 Å². The predicted octanol–water partition coefficient (Wildman–Crippen LogP) is 2.77. The number of carbonyl (C=O) groups excluding carboxylic acids is 1. The molecule has 2 aliphatic heterocycles. The molecular formula is C14H20N2O2S. The molecule has 2 aliphatic rings. The van der Waals surface area contributed by atoms with Gasteiger partial charge in [-0.05, 0) is 48.1 Å². The van der Waals surface area contributed by atoms with Crippen molar-refractivity contribution in [3.8, 4) is 0 Å². The molecule has 19 heavy (non-hydrogen) atoms. The molecule has 1 N–H and O–H groups in total. The summed E-state index contributed by atoms with van der Waals surface area (Å²) in [5.41, 5.74) is 1.27. The van der Waals surface area contributed by atoms with E-state index in [0.29, 0.717) is 6.54 Å². The molecule has 0 saturated carbocycles. The van der Waals surface area contributed by atoms with Crippen LogP contribution in [0.3, 0.4) is 0 Å². The summed E-state index contributed by atoms with van der Waals surface area (Å²) in [7, 11) is 0. The third-order valence-corrected chi connectivity index (χ3v) is 4.65. The van der Waals surface area contributed by atoms with Crippen molar-refractivity contribution in [3.63, 3.8) is 0 Å². The highest BCUT2D eigenvalue weighted by Gasteiger charge is 2.30. The normalized spacial score (nSPS) is 26.8. The summed E-state index contributed by atoms with van der Waals surface area (Å²) in [6, 6.07) is 2.45. The van der Waals surface area contributed by atoms with Crippen LogP contribution in [-0.4, -0.2) is 36.7 Å². The summed E-state index contributed by atoms with van der Waals surface area (Å²) in [6.45, 7) is 2.34. The van der Waals surface area contributed by atoms with Gasteiger partial charge in [-0.3, -0.25) is 0 Å². The third-order valence-electron chi connectivity index (χ3n) is 3.95. The zero-order valence-electron chi connectivity index (χ0n) is 11.0. The molecule has 2 saturated heterocycles. The first-order chi connectivity index (χ1) is 9.34. The van der Waals surface area contributed by atoms with Gasteiger partial charge in [-0.1, -0.05) is 0 Å². The van der Waals surface area contributed by atoms with Crippen LogP contribution in [0.4, 0.5) is 4.79 Å². The molecule has 2 fully saturated rings. The molecule has 3 rings (SSSR count). The predicted molar refractivity (Wildman–Crippen MR) is 75.4 cm³/mol. The largest absolute Gasteiger partial charge is 0.376 e. The van der Waals surface area contributed by atoms with Gasteiger partial charge in [0.25, 0.3) is 0 Å². The Hall–Kier alpha value is -1.07. The number of urea groups is 1. The third kappa shape index (κ3) is 2.92. The van der Waals surface area contributed by atoms with Crippen molar-refractivity contribution < 1.29 is 9.53 Å². The maximum Gasteiger partial charge on any atom is 0.318 e. The molecular weight excluding hydrogens is 260 g/mol. The standard InChI is InChI=1S/C14H20N2O2S/c17-14(15-9-12-3-2-7-18-12)16-6-1-4-13(16)11-5-8-19-10-11/h5,8,10,12-13H,1-4,6-7,9H2,(H,15,17)/t12-,13+/m0/s1. The average Bonchev–Trinajstić information content (AvgIpc) is 3.14. The Morgan fingerprint density at radius 1 is 1.47 bits per heavy atom. The first-order valence-corrected chi connectivity index (χ1v) is 7.97. The summed E-state index contributed by atoms with van der Waals surface area (Å²) in [4.78, 5) is 14.2. The number of ether oxygens (including phenoxy) is 1. The van der Waals surface area contributed by atoms with Crippen LogP contribution in [0.2, 0.25) is 0 Å². The molecule has 104 valence electrons. The first-order valence-electron chi connectivity index (χ1n) is 7.03. The Kier molecular flexibility index (Phi) is 4.03. The van der Waals surface area contributed by atoms with E-state index in [1.807, 2.05) is 4.90 Å². The highest BCUT2D eigenvalue weighted by Crippen LogP contribution is 2.32. The van der Waals surface area contributed by atoms with Gasteiger partial charge in [-0.15, -0.1) is 0 Å². The van der Waals surface area contributed by atoms with E-state index in [4.69, 9.17) is 4.74 Å². The lowest BCUT2D eigenvalue weighted by Crippen LogP contribution is -2.42. The highest BCUT2D eigenvalue weighted by atomic mass is 32.1. The van der Waals surface area contributed by atoms with Gasteiger partial charge < -0.3 is 15.0 Å².